The molecule has 2 aromatic carbocycles. The van der Waals surface area contributed by atoms with E-state index in [-0.39, 0.29) is 11.9 Å². The van der Waals surface area contributed by atoms with Gasteiger partial charge in [0.1, 0.15) is 0 Å². The quantitative estimate of drug-likeness (QED) is 0.655. The SMILES string of the molecule is CC(=O)N1C[C@H]2CN(Cc3ccc(-c4ccccn4)cc3)C[C@H]2[C@@H]1c1ccccc1. The fraction of sp³-hybridized carbons (Fsp3) is 0.308. The first-order chi connectivity index (χ1) is 14.7. The second kappa shape index (κ2) is 8.04. The molecule has 4 nitrogen and oxygen atoms in total. The lowest BCUT2D eigenvalue weighted by molar-refractivity contribution is -0.130. The summed E-state index contributed by atoms with van der Waals surface area (Å²) in [5, 5.41) is 0. The van der Waals surface area contributed by atoms with Gasteiger partial charge in [-0.15, -0.1) is 0 Å². The number of rotatable bonds is 4. The standard InChI is InChI=1S/C26H27N3O/c1-19(30)29-17-23-16-28(18-24(23)26(29)22-7-3-2-4-8-22)15-20-10-12-21(13-11-20)25-9-5-6-14-27-25/h2-14,23-24,26H,15-18H2,1H3/t23-,24-,26+/m1/s1. The summed E-state index contributed by atoms with van der Waals surface area (Å²) in [6.45, 7) is 5.62. The number of benzene rings is 2. The lowest BCUT2D eigenvalue weighted by Gasteiger charge is -2.29. The maximum atomic E-state index is 12.3. The van der Waals surface area contributed by atoms with Gasteiger partial charge in [0.25, 0.3) is 0 Å². The van der Waals surface area contributed by atoms with E-state index < -0.39 is 0 Å². The minimum atomic E-state index is 0.190. The van der Waals surface area contributed by atoms with Crippen molar-refractivity contribution >= 4 is 5.91 Å². The number of pyridine rings is 1. The lowest BCUT2D eigenvalue weighted by Crippen LogP contribution is -2.34. The molecule has 2 aliphatic rings. The number of aromatic nitrogens is 1. The van der Waals surface area contributed by atoms with Crippen molar-refractivity contribution in [1.29, 1.82) is 0 Å². The van der Waals surface area contributed by atoms with Crippen LogP contribution in [0.1, 0.15) is 24.1 Å². The third-order valence-electron chi connectivity index (χ3n) is 6.61. The van der Waals surface area contributed by atoms with Crippen LogP contribution in [-0.2, 0) is 11.3 Å². The van der Waals surface area contributed by atoms with Crippen molar-refractivity contribution in [2.75, 3.05) is 19.6 Å². The highest BCUT2D eigenvalue weighted by molar-refractivity contribution is 5.74. The first-order valence-electron chi connectivity index (χ1n) is 10.7. The van der Waals surface area contributed by atoms with Gasteiger partial charge in [-0.1, -0.05) is 60.7 Å². The summed E-state index contributed by atoms with van der Waals surface area (Å²) < 4.78 is 0. The monoisotopic (exact) mass is 397 g/mol. The number of amides is 1. The molecular weight excluding hydrogens is 370 g/mol. The van der Waals surface area contributed by atoms with Crippen LogP contribution < -0.4 is 0 Å². The van der Waals surface area contributed by atoms with Crippen molar-refractivity contribution in [2.45, 2.75) is 19.5 Å². The van der Waals surface area contributed by atoms with Crippen molar-refractivity contribution in [3.63, 3.8) is 0 Å². The minimum Gasteiger partial charge on any atom is -0.335 e. The number of likely N-dealkylation sites (tertiary alicyclic amines) is 2. The average molecular weight is 398 g/mol. The molecule has 30 heavy (non-hydrogen) atoms. The molecule has 2 aliphatic heterocycles. The molecule has 3 aromatic rings. The highest BCUT2D eigenvalue weighted by Gasteiger charge is 2.48. The number of fused-ring (bicyclic) bond motifs is 1. The topological polar surface area (TPSA) is 36.4 Å². The third kappa shape index (κ3) is 3.63. The van der Waals surface area contributed by atoms with Crippen molar-refractivity contribution in [1.82, 2.24) is 14.8 Å². The van der Waals surface area contributed by atoms with Gasteiger partial charge in [0.15, 0.2) is 0 Å². The Morgan fingerprint density at radius 1 is 0.933 bits per heavy atom. The predicted octanol–water partition coefficient (Wildman–Crippen LogP) is 4.40. The Morgan fingerprint density at radius 2 is 1.70 bits per heavy atom. The van der Waals surface area contributed by atoms with E-state index in [4.69, 9.17) is 0 Å². The summed E-state index contributed by atoms with van der Waals surface area (Å²) in [7, 11) is 0. The largest absolute Gasteiger partial charge is 0.335 e. The molecule has 0 bridgehead atoms. The van der Waals surface area contributed by atoms with E-state index in [1.54, 1.807) is 6.92 Å². The zero-order valence-electron chi connectivity index (χ0n) is 17.3. The summed E-state index contributed by atoms with van der Waals surface area (Å²) in [5.74, 6) is 1.24. The van der Waals surface area contributed by atoms with E-state index >= 15 is 0 Å². The number of hydrogen-bond acceptors (Lipinski definition) is 3. The van der Waals surface area contributed by atoms with Crippen LogP contribution in [0.5, 0.6) is 0 Å². The van der Waals surface area contributed by atoms with Gasteiger partial charge in [-0.2, -0.15) is 0 Å². The average Bonchev–Trinajstić information content (AvgIpc) is 3.33. The van der Waals surface area contributed by atoms with Crippen molar-refractivity contribution < 1.29 is 4.79 Å². The van der Waals surface area contributed by atoms with Crippen LogP contribution in [0.4, 0.5) is 0 Å². The van der Waals surface area contributed by atoms with Crippen LogP contribution in [0, 0.1) is 11.8 Å². The summed E-state index contributed by atoms with van der Waals surface area (Å²) in [6.07, 6.45) is 1.83. The summed E-state index contributed by atoms with van der Waals surface area (Å²) in [6, 6.07) is 25.5. The molecule has 0 aliphatic carbocycles. The fourth-order valence-electron chi connectivity index (χ4n) is 5.24. The molecule has 1 aromatic heterocycles. The Morgan fingerprint density at radius 3 is 2.40 bits per heavy atom. The summed E-state index contributed by atoms with van der Waals surface area (Å²) in [5.41, 5.74) is 4.75. The number of nitrogens with zero attached hydrogens (tertiary/aromatic N) is 3. The van der Waals surface area contributed by atoms with Crippen molar-refractivity contribution in [2.24, 2.45) is 11.8 Å². The van der Waals surface area contributed by atoms with Crippen molar-refractivity contribution in [3.05, 3.63) is 90.1 Å². The van der Waals surface area contributed by atoms with E-state index in [0.717, 1.165) is 37.4 Å². The third-order valence-corrected chi connectivity index (χ3v) is 6.61. The molecule has 0 spiro atoms. The number of carbonyl (C=O) groups excluding carboxylic acids is 1. The van der Waals surface area contributed by atoms with Gasteiger partial charge in [0, 0.05) is 50.8 Å². The molecule has 0 unspecified atom stereocenters. The van der Waals surface area contributed by atoms with Crippen molar-refractivity contribution in [3.8, 4) is 11.3 Å². The molecule has 3 atom stereocenters. The van der Waals surface area contributed by atoms with E-state index in [0.29, 0.717) is 11.8 Å². The zero-order valence-corrected chi connectivity index (χ0v) is 17.3. The van der Waals surface area contributed by atoms with Crippen LogP contribution in [0.3, 0.4) is 0 Å². The minimum absolute atomic E-state index is 0.190. The van der Waals surface area contributed by atoms with Gasteiger partial charge in [-0.25, -0.2) is 0 Å². The van der Waals surface area contributed by atoms with Crippen LogP contribution in [0.25, 0.3) is 11.3 Å². The summed E-state index contributed by atoms with van der Waals surface area (Å²) in [4.78, 5) is 21.4. The molecule has 3 heterocycles. The number of hydrogen-bond donors (Lipinski definition) is 0. The van der Waals surface area contributed by atoms with Gasteiger partial charge >= 0.3 is 0 Å². The Bertz CT molecular complexity index is 1000. The maximum Gasteiger partial charge on any atom is 0.219 e. The van der Waals surface area contributed by atoms with Gasteiger partial charge in [-0.3, -0.25) is 14.7 Å². The second-order valence-corrected chi connectivity index (χ2v) is 8.56. The summed E-state index contributed by atoms with van der Waals surface area (Å²) >= 11 is 0. The van der Waals surface area contributed by atoms with E-state index in [2.05, 4.69) is 63.3 Å². The smallest absolute Gasteiger partial charge is 0.219 e. The van der Waals surface area contributed by atoms with Crippen LogP contribution in [-0.4, -0.2) is 40.3 Å². The highest BCUT2D eigenvalue weighted by Crippen LogP contribution is 2.45. The second-order valence-electron chi connectivity index (χ2n) is 8.56. The molecule has 2 fully saturated rings. The van der Waals surface area contributed by atoms with Gasteiger partial charge in [-0.05, 0) is 29.2 Å². The molecule has 0 radical (unpaired) electrons. The molecule has 4 heteroatoms. The Hall–Kier alpha value is -2.98. The Kier molecular flexibility index (Phi) is 5.09. The van der Waals surface area contributed by atoms with Crippen LogP contribution in [0.2, 0.25) is 0 Å². The predicted molar refractivity (Wildman–Crippen MR) is 119 cm³/mol. The van der Waals surface area contributed by atoms with E-state index in [1.807, 2.05) is 30.5 Å². The molecule has 0 saturated carbocycles. The maximum absolute atomic E-state index is 12.3. The van der Waals surface area contributed by atoms with Gasteiger partial charge < -0.3 is 4.90 Å². The van der Waals surface area contributed by atoms with Crippen LogP contribution in [0.15, 0.2) is 79.0 Å². The fourth-order valence-corrected chi connectivity index (χ4v) is 5.24. The molecule has 2 saturated heterocycles. The number of carbonyl (C=O) groups is 1. The normalized spacial score (nSPS) is 23.5. The molecule has 0 N–H and O–H groups in total. The van der Waals surface area contributed by atoms with Crippen LogP contribution >= 0.6 is 0 Å². The van der Waals surface area contributed by atoms with E-state index in [9.17, 15) is 4.79 Å². The highest BCUT2D eigenvalue weighted by atomic mass is 16.2. The van der Waals surface area contributed by atoms with E-state index in [1.165, 1.54) is 11.1 Å². The molecular formula is C26H27N3O. The first kappa shape index (κ1) is 19.0. The Labute approximate surface area is 178 Å². The van der Waals surface area contributed by atoms with Gasteiger partial charge in [0.2, 0.25) is 5.91 Å². The first-order valence-corrected chi connectivity index (χ1v) is 10.7. The van der Waals surface area contributed by atoms with Gasteiger partial charge in [0.05, 0.1) is 11.7 Å². The molecule has 5 rings (SSSR count). The lowest BCUT2D eigenvalue weighted by atomic mass is 9.89. The molecule has 152 valence electrons. The zero-order chi connectivity index (χ0) is 20.5. The molecule has 1 amide bonds. The Balaban J connectivity index is 1.29.